The minimum absolute atomic E-state index is 0.0757. The number of Topliss-reactive ketones (excluding diaryl/α,β-unsaturated/α-hetero) is 2. The lowest BCUT2D eigenvalue weighted by atomic mass is 9.92. The predicted molar refractivity (Wildman–Crippen MR) is 59.3 cm³/mol. The van der Waals surface area contributed by atoms with Crippen molar-refractivity contribution in [3.63, 3.8) is 0 Å². The second-order valence-corrected chi connectivity index (χ2v) is 4.12. The molecule has 1 aromatic rings. The Morgan fingerprint density at radius 1 is 1.35 bits per heavy atom. The summed E-state index contributed by atoms with van der Waals surface area (Å²) in [7, 11) is 0. The summed E-state index contributed by atoms with van der Waals surface area (Å²) in [6.07, 6.45) is 0.520. The number of ketones is 2. The fourth-order valence-electron chi connectivity index (χ4n) is 1.85. The van der Waals surface area contributed by atoms with E-state index in [9.17, 15) is 14.0 Å². The summed E-state index contributed by atoms with van der Waals surface area (Å²) >= 11 is 0. The van der Waals surface area contributed by atoms with Crippen LogP contribution in [-0.2, 0) is 9.53 Å². The molecule has 1 heterocycles. The minimum atomic E-state index is -0.376. The lowest BCUT2D eigenvalue weighted by Gasteiger charge is -2.20. The van der Waals surface area contributed by atoms with E-state index in [1.165, 1.54) is 24.3 Å². The van der Waals surface area contributed by atoms with Crippen molar-refractivity contribution < 1.29 is 18.7 Å². The normalized spacial score (nSPS) is 20.3. The molecule has 0 bridgehead atoms. The summed E-state index contributed by atoms with van der Waals surface area (Å²) < 4.78 is 17.9. The van der Waals surface area contributed by atoms with Gasteiger partial charge in [0, 0.05) is 24.3 Å². The first kappa shape index (κ1) is 11.9. The van der Waals surface area contributed by atoms with Gasteiger partial charge < -0.3 is 4.74 Å². The molecule has 0 saturated carbocycles. The van der Waals surface area contributed by atoms with E-state index in [2.05, 4.69) is 0 Å². The third kappa shape index (κ3) is 2.97. The number of ether oxygens (including phenoxy) is 1. The summed E-state index contributed by atoms with van der Waals surface area (Å²) in [5, 5.41) is 0. The highest BCUT2D eigenvalue weighted by molar-refractivity contribution is 5.99. The first-order valence-corrected chi connectivity index (χ1v) is 5.56. The van der Waals surface area contributed by atoms with Crippen LogP contribution in [0.25, 0.3) is 0 Å². The minimum Gasteiger partial charge on any atom is -0.380 e. The van der Waals surface area contributed by atoms with E-state index >= 15 is 0 Å². The molecule has 3 nitrogen and oxygen atoms in total. The third-order valence-electron chi connectivity index (χ3n) is 2.87. The molecule has 0 amide bonds. The van der Waals surface area contributed by atoms with Crippen LogP contribution >= 0.6 is 0 Å². The molecule has 1 fully saturated rings. The Hall–Kier alpha value is -1.55. The summed E-state index contributed by atoms with van der Waals surface area (Å²) in [5.74, 6) is -0.791. The van der Waals surface area contributed by atoms with Gasteiger partial charge in [0.25, 0.3) is 0 Å². The molecule has 0 radical (unpaired) electrons. The van der Waals surface area contributed by atoms with E-state index in [0.29, 0.717) is 25.2 Å². The van der Waals surface area contributed by atoms with Crippen LogP contribution in [-0.4, -0.2) is 24.8 Å². The fourth-order valence-corrected chi connectivity index (χ4v) is 1.85. The second-order valence-electron chi connectivity index (χ2n) is 4.12. The van der Waals surface area contributed by atoms with Crippen LogP contribution < -0.4 is 0 Å². The van der Waals surface area contributed by atoms with Crippen molar-refractivity contribution in [1.29, 1.82) is 0 Å². The summed E-state index contributed by atoms with van der Waals surface area (Å²) in [4.78, 5) is 23.4. The van der Waals surface area contributed by atoms with Gasteiger partial charge in [0.15, 0.2) is 5.78 Å². The van der Waals surface area contributed by atoms with Crippen LogP contribution in [0.1, 0.15) is 23.2 Å². The molecule has 2 rings (SSSR count). The molecule has 17 heavy (non-hydrogen) atoms. The van der Waals surface area contributed by atoms with E-state index in [-0.39, 0.29) is 29.7 Å². The Morgan fingerprint density at radius 2 is 2.06 bits per heavy atom. The van der Waals surface area contributed by atoms with Gasteiger partial charge >= 0.3 is 0 Å². The lowest BCUT2D eigenvalue weighted by Crippen LogP contribution is -2.29. The smallest absolute Gasteiger partial charge is 0.163 e. The largest absolute Gasteiger partial charge is 0.380 e. The fraction of sp³-hybridized carbons (Fsp3) is 0.385. The van der Waals surface area contributed by atoms with Gasteiger partial charge in [0.05, 0.1) is 13.2 Å². The molecular weight excluding hydrogens is 223 g/mol. The molecule has 1 saturated heterocycles. The average Bonchev–Trinajstić information content (AvgIpc) is 2.33. The SMILES string of the molecule is O=C(C[C@H]1COCCC1=O)c1ccc(F)cc1. The highest BCUT2D eigenvalue weighted by Crippen LogP contribution is 2.17. The Morgan fingerprint density at radius 3 is 2.71 bits per heavy atom. The molecule has 0 aliphatic carbocycles. The topological polar surface area (TPSA) is 43.4 Å². The van der Waals surface area contributed by atoms with Gasteiger partial charge in [-0.25, -0.2) is 4.39 Å². The molecule has 0 unspecified atom stereocenters. The molecular formula is C13H13FO3. The van der Waals surface area contributed by atoms with Gasteiger partial charge in [-0.15, -0.1) is 0 Å². The quantitative estimate of drug-likeness (QED) is 0.754. The summed E-state index contributed by atoms with van der Waals surface area (Å²) in [6, 6.07) is 5.36. The van der Waals surface area contributed by atoms with Gasteiger partial charge in [0.1, 0.15) is 11.6 Å². The Bertz CT molecular complexity index is 425. The maximum Gasteiger partial charge on any atom is 0.163 e. The summed E-state index contributed by atoms with van der Waals surface area (Å²) in [5.41, 5.74) is 0.435. The number of hydrogen-bond acceptors (Lipinski definition) is 3. The van der Waals surface area contributed by atoms with Crippen molar-refractivity contribution in [3.05, 3.63) is 35.6 Å². The van der Waals surface area contributed by atoms with E-state index < -0.39 is 0 Å². The van der Waals surface area contributed by atoms with Gasteiger partial charge in [-0.3, -0.25) is 9.59 Å². The zero-order valence-electron chi connectivity index (χ0n) is 9.32. The van der Waals surface area contributed by atoms with Crippen molar-refractivity contribution in [2.45, 2.75) is 12.8 Å². The zero-order chi connectivity index (χ0) is 12.3. The van der Waals surface area contributed by atoms with Crippen LogP contribution in [0.5, 0.6) is 0 Å². The van der Waals surface area contributed by atoms with Crippen LogP contribution in [0.4, 0.5) is 4.39 Å². The van der Waals surface area contributed by atoms with Gasteiger partial charge in [-0.1, -0.05) is 0 Å². The van der Waals surface area contributed by atoms with Crippen molar-refractivity contribution in [2.75, 3.05) is 13.2 Å². The molecule has 1 aliphatic rings. The molecule has 90 valence electrons. The Kier molecular flexibility index (Phi) is 3.64. The van der Waals surface area contributed by atoms with E-state index in [1.807, 2.05) is 0 Å². The number of carbonyl (C=O) groups excluding carboxylic acids is 2. The predicted octanol–water partition coefficient (Wildman–Crippen LogP) is 2.00. The van der Waals surface area contributed by atoms with Crippen molar-refractivity contribution >= 4 is 11.6 Å². The molecule has 0 N–H and O–H groups in total. The highest BCUT2D eigenvalue weighted by atomic mass is 19.1. The maximum absolute atomic E-state index is 12.7. The summed E-state index contributed by atoms with van der Waals surface area (Å²) in [6.45, 7) is 0.756. The number of halogens is 1. The van der Waals surface area contributed by atoms with E-state index in [4.69, 9.17) is 4.74 Å². The molecule has 1 aliphatic heterocycles. The average molecular weight is 236 g/mol. The first-order chi connectivity index (χ1) is 8.16. The van der Waals surface area contributed by atoms with E-state index in [0.717, 1.165) is 0 Å². The van der Waals surface area contributed by atoms with Gasteiger partial charge in [0.2, 0.25) is 0 Å². The number of carbonyl (C=O) groups is 2. The van der Waals surface area contributed by atoms with E-state index in [1.54, 1.807) is 0 Å². The Labute approximate surface area is 98.6 Å². The third-order valence-corrected chi connectivity index (χ3v) is 2.87. The van der Waals surface area contributed by atoms with Crippen molar-refractivity contribution in [1.82, 2.24) is 0 Å². The molecule has 0 spiro atoms. The molecule has 4 heteroatoms. The van der Waals surface area contributed by atoms with Gasteiger partial charge in [-0.05, 0) is 24.3 Å². The molecule has 1 aromatic carbocycles. The zero-order valence-corrected chi connectivity index (χ0v) is 9.32. The molecule has 0 aromatic heterocycles. The standard InChI is InChI=1S/C13H13FO3/c14-11-3-1-9(2-4-11)13(16)7-10-8-17-6-5-12(10)15/h1-4,10H,5-8H2/t10-/m0/s1. The van der Waals surface area contributed by atoms with Crippen molar-refractivity contribution in [3.8, 4) is 0 Å². The number of rotatable bonds is 3. The maximum atomic E-state index is 12.7. The first-order valence-electron chi connectivity index (χ1n) is 5.56. The van der Waals surface area contributed by atoms with Crippen LogP contribution in [0.15, 0.2) is 24.3 Å². The van der Waals surface area contributed by atoms with Crippen LogP contribution in [0.2, 0.25) is 0 Å². The van der Waals surface area contributed by atoms with Crippen LogP contribution in [0, 0.1) is 11.7 Å². The molecule has 1 atom stereocenters. The second kappa shape index (κ2) is 5.19. The highest BCUT2D eigenvalue weighted by Gasteiger charge is 2.25. The Balaban J connectivity index is 2.01. The lowest BCUT2D eigenvalue weighted by molar-refractivity contribution is -0.130. The van der Waals surface area contributed by atoms with Gasteiger partial charge in [-0.2, -0.15) is 0 Å². The monoisotopic (exact) mass is 236 g/mol. The number of benzene rings is 1. The van der Waals surface area contributed by atoms with Crippen LogP contribution in [0.3, 0.4) is 0 Å². The number of hydrogen-bond donors (Lipinski definition) is 0. The van der Waals surface area contributed by atoms with Crippen molar-refractivity contribution in [2.24, 2.45) is 5.92 Å².